The first kappa shape index (κ1) is 8.15. The van der Waals surface area contributed by atoms with E-state index in [4.69, 9.17) is 5.73 Å². The van der Waals surface area contributed by atoms with Gasteiger partial charge in [-0.2, -0.15) is 12.6 Å². The van der Waals surface area contributed by atoms with Crippen LogP contribution in [0.15, 0.2) is 12.2 Å². The summed E-state index contributed by atoms with van der Waals surface area (Å²) in [5, 5.41) is 0.451. The second-order valence-corrected chi connectivity index (χ2v) is 3.69. The lowest BCUT2D eigenvalue weighted by Crippen LogP contribution is -2.28. The summed E-state index contributed by atoms with van der Waals surface area (Å²) in [7, 11) is 0. The molecular weight excluding hydrogens is 142 g/mol. The lowest BCUT2D eigenvalue weighted by Gasteiger charge is -2.15. The summed E-state index contributed by atoms with van der Waals surface area (Å²) in [6.45, 7) is 6.07. The van der Waals surface area contributed by atoms with Crippen LogP contribution in [0.25, 0.3) is 0 Å². The van der Waals surface area contributed by atoms with Crippen LogP contribution in [-0.2, 0) is 0 Å². The molecule has 0 radical (unpaired) electrons. The van der Waals surface area contributed by atoms with Crippen molar-refractivity contribution in [3.63, 3.8) is 0 Å². The largest absolute Gasteiger partial charge is 0.324 e. The summed E-state index contributed by atoms with van der Waals surface area (Å²) >= 11 is 4.45. The molecule has 3 unspecified atom stereocenters. The molecule has 0 bridgehead atoms. The maximum atomic E-state index is 5.88. The van der Waals surface area contributed by atoms with Crippen LogP contribution >= 0.6 is 12.6 Å². The van der Waals surface area contributed by atoms with Crippen LogP contribution in [0.4, 0.5) is 0 Å². The summed E-state index contributed by atoms with van der Waals surface area (Å²) in [6, 6.07) is 0.201. The molecule has 0 aromatic carbocycles. The molecule has 1 aliphatic rings. The van der Waals surface area contributed by atoms with Crippen LogP contribution in [0.3, 0.4) is 0 Å². The molecule has 1 aliphatic carbocycles. The van der Waals surface area contributed by atoms with Crippen molar-refractivity contribution >= 4 is 12.6 Å². The molecule has 1 nitrogen and oxygen atoms in total. The Hall–Kier alpha value is 0.0500. The second kappa shape index (κ2) is 2.97. The molecule has 0 aliphatic heterocycles. The van der Waals surface area contributed by atoms with Crippen molar-refractivity contribution in [1.29, 1.82) is 0 Å². The Balaban J connectivity index is 2.64. The zero-order valence-corrected chi connectivity index (χ0v) is 7.27. The van der Waals surface area contributed by atoms with E-state index in [0.717, 1.165) is 12.8 Å². The lowest BCUT2D eigenvalue weighted by molar-refractivity contribution is 0.496. The smallest absolute Gasteiger partial charge is 0.0290 e. The molecule has 1 rings (SSSR count). The van der Waals surface area contributed by atoms with E-state index in [1.807, 2.05) is 0 Å². The monoisotopic (exact) mass is 157 g/mol. The maximum absolute atomic E-state index is 5.88. The van der Waals surface area contributed by atoms with Gasteiger partial charge in [0.1, 0.15) is 0 Å². The molecular formula is C8H15NS. The van der Waals surface area contributed by atoms with E-state index in [1.54, 1.807) is 0 Å². The predicted octanol–water partition coefficient (Wildman–Crippen LogP) is 1.60. The first-order chi connectivity index (χ1) is 4.66. The van der Waals surface area contributed by atoms with E-state index in [0.29, 0.717) is 11.2 Å². The fraction of sp³-hybridized carbons (Fsp3) is 0.750. The van der Waals surface area contributed by atoms with Gasteiger partial charge in [-0.25, -0.2) is 0 Å². The third-order valence-electron chi connectivity index (χ3n) is 2.37. The van der Waals surface area contributed by atoms with E-state index in [-0.39, 0.29) is 6.04 Å². The normalized spacial score (nSPS) is 40.7. The van der Waals surface area contributed by atoms with Crippen molar-refractivity contribution in [1.82, 2.24) is 0 Å². The molecule has 58 valence electrons. The molecule has 0 aromatic heterocycles. The van der Waals surface area contributed by atoms with Crippen LogP contribution in [-0.4, -0.2) is 11.3 Å². The van der Waals surface area contributed by atoms with Crippen molar-refractivity contribution in [2.24, 2.45) is 11.7 Å². The van der Waals surface area contributed by atoms with E-state index >= 15 is 0 Å². The predicted molar refractivity (Wildman–Crippen MR) is 48.3 cm³/mol. The fourth-order valence-corrected chi connectivity index (χ4v) is 2.25. The molecule has 0 saturated heterocycles. The van der Waals surface area contributed by atoms with Crippen LogP contribution in [0, 0.1) is 5.92 Å². The highest BCUT2D eigenvalue weighted by molar-refractivity contribution is 7.81. The summed E-state index contributed by atoms with van der Waals surface area (Å²) < 4.78 is 0. The molecule has 2 N–H and O–H groups in total. The fourth-order valence-electron chi connectivity index (χ4n) is 1.62. The SMILES string of the molecule is C=C1CC(S)C(CC)C1N. The third kappa shape index (κ3) is 1.23. The molecule has 2 heteroatoms. The Kier molecular flexibility index (Phi) is 2.42. The summed E-state index contributed by atoms with van der Waals surface area (Å²) in [6.07, 6.45) is 2.12. The first-order valence-corrected chi connectivity index (χ1v) is 4.29. The Morgan fingerprint density at radius 3 is 2.60 bits per heavy atom. The third-order valence-corrected chi connectivity index (χ3v) is 2.94. The van der Waals surface area contributed by atoms with Crippen molar-refractivity contribution in [2.45, 2.75) is 31.1 Å². The van der Waals surface area contributed by atoms with Gasteiger partial charge >= 0.3 is 0 Å². The summed E-state index contributed by atoms with van der Waals surface area (Å²) in [5.74, 6) is 0.552. The average Bonchev–Trinajstić information content (AvgIpc) is 2.09. The van der Waals surface area contributed by atoms with Gasteiger partial charge in [-0.1, -0.05) is 25.5 Å². The zero-order valence-electron chi connectivity index (χ0n) is 6.38. The van der Waals surface area contributed by atoms with Crippen LogP contribution in [0.1, 0.15) is 19.8 Å². The van der Waals surface area contributed by atoms with Gasteiger partial charge in [0.2, 0.25) is 0 Å². The Morgan fingerprint density at radius 2 is 2.40 bits per heavy atom. The van der Waals surface area contributed by atoms with Crippen LogP contribution < -0.4 is 5.73 Å². The topological polar surface area (TPSA) is 26.0 Å². The Morgan fingerprint density at radius 1 is 1.80 bits per heavy atom. The number of rotatable bonds is 1. The van der Waals surface area contributed by atoms with Gasteiger partial charge in [0.05, 0.1) is 0 Å². The van der Waals surface area contributed by atoms with Gasteiger partial charge in [0.25, 0.3) is 0 Å². The number of hydrogen-bond donors (Lipinski definition) is 2. The number of nitrogens with two attached hydrogens (primary N) is 1. The molecule has 10 heavy (non-hydrogen) atoms. The maximum Gasteiger partial charge on any atom is 0.0290 e. The highest BCUT2D eigenvalue weighted by Crippen LogP contribution is 2.34. The Labute approximate surface area is 68.1 Å². The minimum atomic E-state index is 0.201. The molecule has 1 fully saturated rings. The molecule has 0 amide bonds. The van der Waals surface area contributed by atoms with Gasteiger partial charge in [0.15, 0.2) is 0 Å². The van der Waals surface area contributed by atoms with E-state index in [9.17, 15) is 0 Å². The van der Waals surface area contributed by atoms with Crippen LogP contribution in [0.2, 0.25) is 0 Å². The first-order valence-electron chi connectivity index (χ1n) is 3.78. The standard InChI is InChI=1S/C8H15NS/c1-3-6-7(10)4-5(2)8(6)9/h6-8,10H,2-4,9H2,1H3. The van der Waals surface area contributed by atoms with Crippen molar-refractivity contribution in [2.75, 3.05) is 0 Å². The lowest BCUT2D eigenvalue weighted by atomic mass is 10.0. The Bertz CT molecular complexity index is 144. The minimum absolute atomic E-state index is 0.201. The molecule has 0 heterocycles. The van der Waals surface area contributed by atoms with E-state index < -0.39 is 0 Å². The number of hydrogen-bond acceptors (Lipinski definition) is 2. The highest BCUT2D eigenvalue weighted by atomic mass is 32.1. The van der Waals surface area contributed by atoms with Gasteiger partial charge in [-0.3, -0.25) is 0 Å². The molecule has 0 aromatic rings. The van der Waals surface area contributed by atoms with Gasteiger partial charge < -0.3 is 5.73 Å². The average molecular weight is 157 g/mol. The minimum Gasteiger partial charge on any atom is -0.324 e. The summed E-state index contributed by atoms with van der Waals surface area (Å²) in [5.41, 5.74) is 7.05. The quantitative estimate of drug-likeness (QED) is 0.439. The van der Waals surface area contributed by atoms with Crippen molar-refractivity contribution in [3.8, 4) is 0 Å². The molecule has 0 spiro atoms. The van der Waals surface area contributed by atoms with Gasteiger partial charge in [-0.15, -0.1) is 0 Å². The van der Waals surface area contributed by atoms with E-state index in [1.165, 1.54) is 5.57 Å². The summed E-state index contributed by atoms with van der Waals surface area (Å²) in [4.78, 5) is 0. The number of thiol groups is 1. The van der Waals surface area contributed by atoms with Gasteiger partial charge in [-0.05, 0) is 12.3 Å². The molecule has 1 saturated carbocycles. The van der Waals surface area contributed by atoms with Crippen LogP contribution in [0.5, 0.6) is 0 Å². The second-order valence-electron chi connectivity index (χ2n) is 3.03. The van der Waals surface area contributed by atoms with Crippen molar-refractivity contribution in [3.05, 3.63) is 12.2 Å². The molecule has 3 atom stereocenters. The van der Waals surface area contributed by atoms with Crippen molar-refractivity contribution < 1.29 is 0 Å². The van der Waals surface area contributed by atoms with Gasteiger partial charge in [0, 0.05) is 11.3 Å². The highest BCUT2D eigenvalue weighted by Gasteiger charge is 2.32. The zero-order chi connectivity index (χ0) is 7.72. The van der Waals surface area contributed by atoms with E-state index in [2.05, 4.69) is 26.1 Å².